The first-order valence-corrected chi connectivity index (χ1v) is 9.25. The number of hydrogen-bond acceptors (Lipinski definition) is 4. The van der Waals surface area contributed by atoms with E-state index in [1.54, 1.807) is 6.07 Å². The van der Waals surface area contributed by atoms with E-state index >= 15 is 0 Å². The highest BCUT2D eigenvalue weighted by molar-refractivity contribution is 9.10. The number of carbonyl (C=O) groups excluding carboxylic acids is 1. The zero-order chi connectivity index (χ0) is 19.5. The van der Waals surface area contributed by atoms with Gasteiger partial charge in [0, 0.05) is 15.4 Å². The number of aromatic nitrogens is 2. The molecular weight excluding hydrogens is 423 g/mol. The van der Waals surface area contributed by atoms with Gasteiger partial charge in [0.15, 0.2) is 0 Å². The number of amides is 1. The fourth-order valence-corrected chi connectivity index (χ4v) is 3.16. The SMILES string of the molecule is O=C(NNc1nc(-c2ccccc2)c2cc(Br)ccc2n1)c1ccccc1F. The van der Waals surface area contributed by atoms with Gasteiger partial charge in [-0.25, -0.2) is 14.4 Å². The van der Waals surface area contributed by atoms with Crippen molar-refractivity contribution in [3.05, 3.63) is 88.6 Å². The average Bonchev–Trinajstić information content (AvgIpc) is 2.72. The molecule has 0 saturated carbocycles. The Hall–Kier alpha value is -3.32. The number of nitrogens with one attached hydrogen (secondary N) is 2. The molecule has 7 heteroatoms. The molecule has 138 valence electrons. The molecule has 1 aromatic heterocycles. The number of halogens is 2. The first-order valence-electron chi connectivity index (χ1n) is 8.45. The van der Waals surface area contributed by atoms with Gasteiger partial charge in [-0.1, -0.05) is 58.4 Å². The number of nitrogens with zero attached hydrogens (tertiary/aromatic N) is 2. The summed E-state index contributed by atoms with van der Waals surface area (Å²) in [6.07, 6.45) is 0. The van der Waals surface area contributed by atoms with Gasteiger partial charge in [-0.2, -0.15) is 0 Å². The second-order valence-corrected chi connectivity index (χ2v) is 6.90. The van der Waals surface area contributed by atoms with Crippen LogP contribution in [0.3, 0.4) is 0 Å². The highest BCUT2D eigenvalue weighted by atomic mass is 79.9. The Morgan fingerprint density at radius 2 is 1.68 bits per heavy atom. The summed E-state index contributed by atoms with van der Waals surface area (Å²) in [5.41, 5.74) is 7.41. The predicted octanol–water partition coefficient (Wildman–Crippen LogP) is 4.96. The van der Waals surface area contributed by atoms with Crippen LogP contribution in [0, 0.1) is 5.82 Å². The second-order valence-electron chi connectivity index (χ2n) is 5.98. The largest absolute Gasteiger partial charge is 0.272 e. The van der Waals surface area contributed by atoms with E-state index < -0.39 is 11.7 Å². The second kappa shape index (κ2) is 7.74. The molecule has 3 aromatic carbocycles. The standard InChI is InChI=1S/C21H14BrFN4O/c22-14-10-11-18-16(12-14)19(13-6-2-1-3-7-13)25-21(24-18)27-26-20(28)15-8-4-5-9-17(15)23/h1-12H,(H,26,28)(H,24,25,27). The fraction of sp³-hybridized carbons (Fsp3) is 0. The van der Waals surface area contributed by atoms with E-state index in [1.807, 2.05) is 48.5 Å². The van der Waals surface area contributed by atoms with Gasteiger partial charge in [0.05, 0.1) is 16.8 Å². The Morgan fingerprint density at radius 1 is 0.929 bits per heavy atom. The Kier molecular flexibility index (Phi) is 4.99. The molecule has 0 aliphatic heterocycles. The molecule has 0 aliphatic rings. The van der Waals surface area contributed by atoms with Crippen molar-refractivity contribution < 1.29 is 9.18 Å². The number of rotatable bonds is 4. The number of carbonyl (C=O) groups is 1. The van der Waals surface area contributed by atoms with Crippen LogP contribution in [-0.4, -0.2) is 15.9 Å². The van der Waals surface area contributed by atoms with Crippen LogP contribution in [0.2, 0.25) is 0 Å². The molecule has 1 amide bonds. The quantitative estimate of drug-likeness (QED) is 0.443. The number of benzene rings is 3. The van der Waals surface area contributed by atoms with Crippen molar-refractivity contribution in [1.82, 2.24) is 15.4 Å². The van der Waals surface area contributed by atoms with Crippen molar-refractivity contribution in [1.29, 1.82) is 0 Å². The van der Waals surface area contributed by atoms with Gasteiger partial charge in [-0.15, -0.1) is 0 Å². The van der Waals surface area contributed by atoms with Crippen molar-refractivity contribution in [2.75, 3.05) is 5.43 Å². The zero-order valence-corrected chi connectivity index (χ0v) is 16.1. The minimum absolute atomic E-state index is 0.0667. The molecule has 0 atom stereocenters. The van der Waals surface area contributed by atoms with Gasteiger partial charge in [0.2, 0.25) is 5.95 Å². The van der Waals surface area contributed by atoms with E-state index in [9.17, 15) is 9.18 Å². The van der Waals surface area contributed by atoms with E-state index in [0.717, 1.165) is 21.1 Å². The Labute approximate surface area is 168 Å². The van der Waals surface area contributed by atoms with Gasteiger partial charge in [-0.3, -0.25) is 15.6 Å². The summed E-state index contributed by atoms with van der Waals surface area (Å²) in [4.78, 5) is 21.2. The molecule has 0 bridgehead atoms. The summed E-state index contributed by atoms with van der Waals surface area (Å²) in [5.74, 6) is -1.01. The molecular formula is C21H14BrFN4O. The molecule has 28 heavy (non-hydrogen) atoms. The molecule has 0 spiro atoms. The maximum absolute atomic E-state index is 13.8. The molecule has 4 rings (SSSR count). The monoisotopic (exact) mass is 436 g/mol. The fourth-order valence-electron chi connectivity index (χ4n) is 2.80. The third kappa shape index (κ3) is 3.70. The molecule has 5 nitrogen and oxygen atoms in total. The van der Waals surface area contributed by atoms with E-state index in [4.69, 9.17) is 0 Å². The highest BCUT2D eigenvalue weighted by Crippen LogP contribution is 2.29. The van der Waals surface area contributed by atoms with Gasteiger partial charge in [0.25, 0.3) is 5.91 Å². The van der Waals surface area contributed by atoms with Crippen LogP contribution in [0.4, 0.5) is 10.3 Å². The molecule has 0 fully saturated rings. The van der Waals surface area contributed by atoms with Crippen LogP contribution in [0.5, 0.6) is 0 Å². The summed E-state index contributed by atoms with van der Waals surface area (Å²) in [6.45, 7) is 0. The minimum Gasteiger partial charge on any atom is -0.267 e. The van der Waals surface area contributed by atoms with E-state index in [0.29, 0.717) is 5.52 Å². The number of hydrogen-bond donors (Lipinski definition) is 2. The number of hydrazine groups is 1. The van der Waals surface area contributed by atoms with Crippen LogP contribution in [0.1, 0.15) is 10.4 Å². The summed E-state index contributed by atoms with van der Waals surface area (Å²) in [5, 5.41) is 0.867. The van der Waals surface area contributed by atoms with Gasteiger partial charge >= 0.3 is 0 Å². The molecule has 1 heterocycles. The van der Waals surface area contributed by atoms with Crippen molar-refractivity contribution in [3.63, 3.8) is 0 Å². The first kappa shape index (κ1) is 18.1. The van der Waals surface area contributed by atoms with Crippen molar-refractivity contribution in [3.8, 4) is 11.3 Å². The molecule has 0 aliphatic carbocycles. The molecule has 0 saturated heterocycles. The smallest absolute Gasteiger partial charge is 0.267 e. The molecule has 2 N–H and O–H groups in total. The van der Waals surface area contributed by atoms with E-state index in [-0.39, 0.29) is 11.5 Å². The topological polar surface area (TPSA) is 66.9 Å². The lowest BCUT2D eigenvalue weighted by Gasteiger charge is -2.12. The van der Waals surface area contributed by atoms with Gasteiger partial charge < -0.3 is 0 Å². The Morgan fingerprint density at radius 3 is 2.46 bits per heavy atom. The lowest BCUT2D eigenvalue weighted by atomic mass is 10.1. The molecule has 0 unspecified atom stereocenters. The molecule has 4 aromatic rings. The van der Waals surface area contributed by atoms with E-state index in [2.05, 4.69) is 36.7 Å². The van der Waals surface area contributed by atoms with Crippen LogP contribution in [-0.2, 0) is 0 Å². The van der Waals surface area contributed by atoms with Gasteiger partial charge in [-0.05, 0) is 30.3 Å². The highest BCUT2D eigenvalue weighted by Gasteiger charge is 2.13. The maximum Gasteiger partial charge on any atom is 0.272 e. The lowest BCUT2D eigenvalue weighted by molar-refractivity contribution is 0.0958. The van der Waals surface area contributed by atoms with Crippen molar-refractivity contribution in [2.45, 2.75) is 0 Å². The van der Waals surface area contributed by atoms with Crippen LogP contribution in [0.25, 0.3) is 22.2 Å². The zero-order valence-electron chi connectivity index (χ0n) is 14.5. The summed E-state index contributed by atoms with van der Waals surface area (Å²) in [7, 11) is 0. The summed E-state index contributed by atoms with van der Waals surface area (Å²) in [6, 6.07) is 21.1. The average molecular weight is 437 g/mol. The van der Waals surface area contributed by atoms with E-state index in [1.165, 1.54) is 18.2 Å². The van der Waals surface area contributed by atoms with Gasteiger partial charge in [0.1, 0.15) is 5.82 Å². The predicted molar refractivity (Wildman–Crippen MR) is 110 cm³/mol. The number of fused-ring (bicyclic) bond motifs is 1. The first-order chi connectivity index (χ1) is 13.6. The maximum atomic E-state index is 13.8. The van der Waals surface area contributed by atoms with Crippen LogP contribution in [0.15, 0.2) is 77.3 Å². The molecule has 0 radical (unpaired) electrons. The summed E-state index contributed by atoms with van der Waals surface area (Å²) < 4.78 is 14.7. The third-order valence-corrected chi connectivity index (χ3v) is 4.60. The third-order valence-electron chi connectivity index (χ3n) is 4.11. The minimum atomic E-state index is -0.612. The van der Waals surface area contributed by atoms with Crippen molar-refractivity contribution in [2.24, 2.45) is 0 Å². The Bertz CT molecular complexity index is 1170. The lowest BCUT2D eigenvalue weighted by Crippen LogP contribution is -2.31. The summed E-state index contributed by atoms with van der Waals surface area (Å²) >= 11 is 3.48. The number of anilines is 1. The van der Waals surface area contributed by atoms with Crippen molar-refractivity contribution >= 4 is 38.7 Å². The Balaban J connectivity index is 1.69. The van der Waals surface area contributed by atoms with Crippen LogP contribution < -0.4 is 10.9 Å². The van der Waals surface area contributed by atoms with Crippen LogP contribution >= 0.6 is 15.9 Å². The normalized spacial score (nSPS) is 10.6.